The molecule has 0 atom stereocenters. The minimum absolute atomic E-state index is 0.315. The molecule has 1 heterocycles. The first-order valence-corrected chi connectivity index (χ1v) is 8.61. The Morgan fingerprint density at radius 2 is 1.89 bits per heavy atom. The Balaban J connectivity index is 1.67. The predicted molar refractivity (Wildman–Crippen MR) is 98.5 cm³/mol. The van der Waals surface area contributed by atoms with Gasteiger partial charge in [0.2, 0.25) is 5.91 Å². The number of hydrogen-bond acceptors (Lipinski definition) is 3. The first-order chi connectivity index (χ1) is 13.0. The molecule has 0 saturated heterocycles. The highest BCUT2D eigenvalue weighted by Crippen LogP contribution is 2.28. The zero-order valence-electron chi connectivity index (χ0n) is 14.4. The molecule has 0 aliphatic heterocycles. The van der Waals surface area contributed by atoms with Crippen LogP contribution in [0.1, 0.15) is 38.5 Å². The van der Waals surface area contributed by atoms with Gasteiger partial charge in [-0.1, -0.05) is 6.07 Å². The molecule has 3 N–H and O–H groups in total. The molecule has 136 valence electrons. The van der Waals surface area contributed by atoms with E-state index in [0.29, 0.717) is 22.6 Å². The number of fused-ring (bicyclic) bond motifs is 1. The fourth-order valence-electron chi connectivity index (χ4n) is 3.36. The van der Waals surface area contributed by atoms with Gasteiger partial charge in [0.1, 0.15) is 5.82 Å². The molecule has 2 aromatic carbocycles. The van der Waals surface area contributed by atoms with E-state index in [1.54, 1.807) is 35.0 Å². The van der Waals surface area contributed by atoms with Crippen molar-refractivity contribution in [1.82, 2.24) is 9.78 Å². The second-order valence-electron chi connectivity index (χ2n) is 6.41. The largest absolute Gasteiger partial charge is 0.366 e. The van der Waals surface area contributed by atoms with Crippen molar-refractivity contribution in [3.63, 3.8) is 0 Å². The number of nitrogens with two attached hydrogens (primary N) is 1. The molecule has 1 aromatic heterocycles. The third kappa shape index (κ3) is 3.19. The number of carbonyl (C=O) groups excluding carboxylic acids is 2. The van der Waals surface area contributed by atoms with Crippen LogP contribution in [0.25, 0.3) is 5.69 Å². The Morgan fingerprint density at radius 1 is 1.11 bits per heavy atom. The number of primary amides is 1. The van der Waals surface area contributed by atoms with Crippen LogP contribution in [-0.2, 0) is 12.8 Å². The lowest BCUT2D eigenvalue weighted by molar-refractivity contribution is 0.0995. The summed E-state index contributed by atoms with van der Waals surface area (Å²) < 4.78 is 14.9. The standard InChI is InChI=1S/C20H17FN4O2/c21-13-7-9-15(10-8-13)25-17-6-2-5-16(17)18(24-25)20(27)23-14-4-1-3-12(11-14)19(22)26/h1,3-4,7-11H,2,5-6H2,(H2,22,26)(H,23,27). The van der Waals surface area contributed by atoms with E-state index in [2.05, 4.69) is 10.4 Å². The molecule has 3 aromatic rings. The van der Waals surface area contributed by atoms with Gasteiger partial charge in [0.05, 0.1) is 5.69 Å². The number of aromatic nitrogens is 2. The third-order valence-electron chi connectivity index (χ3n) is 4.62. The van der Waals surface area contributed by atoms with Gasteiger partial charge in [-0.2, -0.15) is 5.10 Å². The van der Waals surface area contributed by atoms with Crippen LogP contribution >= 0.6 is 0 Å². The summed E-state index contributed by atoms with van der Waals surface area (Å²) in [5.74, 6) is -1.24. The fraction of sp³-hybridized carbons (Fsp3) is 0.150. The van der Waals surface area contributed by atoms with Gasteiger partial charge in [0.25, 0.3) is 5.91 Å². The Hall–Kier alpha value is -3.48. The van der Waals surface area contributed by atoms with E-state index in [0.717, 1.165) is 30.5 Å². The van der Waals surface area contributed by atoms with E-state index in [4.69, 9.17) is 5.73 Å². The third-order valence-corrected chi connectivity index (χ3v) is 4.62. The van der Waals surface area contributed by atoms with Crippen LogP contribution in [0.5, 0.6) is 0 Å². The minimum atomic E-state index is -0.562. The number of nitrogens with one attached hydrogen (secondary N) is 1. The summed E-state index contributed by atoms with van der Waals surface area (Å²) in [5.41, 5.74) is 9.00. The van der Waals surface area contributed by atoms with Gasteiger partial charge in [-0.3, -0.25) is 9.59 Å². The lowest BCUT2D eigenvalue weighted by atomic mass is 10.1. The zero-order valence-corrected chi connectivity index (χ0v) is 14.4. The van der Waals surface area contributed by atoms with Crippen LogP contribution < -0.4 is 11.1 Å². The van der Waals surface area contributed by atoms with E-state index in [1.165, 1.54) is 18.2 Å². The van der Waals surface area contributed by atoms with Gasteiger partial charge in [-0.05, 0) is 61.7 Å². The first kappa shape index (κ1) is 17.0. The smallest absolute Gasteiger partial charge is 0.276 e. The predicted octanol–water partition coefficient (Wildman–Crippen LogP) is 2.85. The lowest BCUT2D eigenvalue weighted by Gasteiger charge is -2.06. The lowest BCUT2D eigenvalue weighted by Crippen LogP contribution is -2.16. The minimum Gasteiger partial charge on any atom is -0.366 e. The van der Waals surface area contributed by atoms with E-state index >= 15 is 0 Å². The van der Waals surface area contributed by atoms with Gasteiger partial charge in [-0.15, -0.1) is 0 Å². The molecular formula is C20H17FN4O2. The van der Waals surface area contributed by atoms with Crippen molar-refractivity contribution in [3.8, 4) is 5.69 Å². The molecule has 0 radical (unpaired) electrons. The summed E-state index contributed by atoms with van der Waals surface area (Å²) in [5, 5.41) is 7.25. The van der Waals surface area contributed by atoms with Crippen LogP contribution in [0.15, 0.2) is 48.5 Å². The molecular weight excluding hydrogens is 347 g/mol. The highest BCUT2D eigenvalue weighted by atomic mass is 19.1. The van der Waals surface area contributed by atoms with E-state index in [-0.39, 0.29) is 11.7 Å². The second-order valence-corrected chi connectivity index (χ2v) is 6.41. The number of benzene rings is 2. The summed E-state index contributed by atoms with van der Waals surface area (Å²) in [6.45, 7) is 0. The Labute approximate surface area is 154 Å². The van der Waals surface area contributed by atoms with E-state index < -0.39 is 5.91 Å². The van der Waals surface area contributed by atoms with Crippen molar-refractivity contribution in [2.45, 2.75) is 19.3 Å². The number of hydrogen-bond donors (Lipinski definition) is 2. The molecule has 0 saturated carbocycles. The van der Waals surface area contributed by atoms with Crippen LogP contribution in [0.3, 0.4) is 0 Å². The van der Waals surface area contributed by atoms with E-state index in [1.807, 2.05) is 0 Å². The number of halogens is 1. The molecule has 6 nitrogen and oxygen atoms in total. The number of nitrogens with zero attached hydrogens (tertiary/aromatic N) is 2. The van der Waals surface area contributed by atoms with Crippen molar-refractivity contribution < 1.29 is 14.0 Å². The van der Waals surface area contributed by atoms with Crippen LogP contribution in [-0.4, -0.2) is 21.6 Å². The molecule has 0 unspecified atom stereocenters. The molecule has 7 heteroatoms. The van der Waals surface area contributed by atoms with Crippen LogP contribution in [0, 0.1) is 5.82 Å². The number of amides is 2. The average molecular weight is 364 g/mol. The highest BCUT2D eigenvalue weighted by molar-refractivity contribution is 6.05. The highest BCUT2D eigenvalue weighted by Gasteiger charge is 2.27. The second kappa shape index (κ2) is 6.68. The van der Waals surface area contributed by atoms with E-state index in [9.17, 15) is 14.0 Å². The molecule has 1 aliphatic carbocycles. The summed E-state index contributed by atoms with van der Waals surface area (Å²) >= 11 is 0. The van der Waals surface area contributed by atoms with Crippen LogP contribution in [0.4, 0.5) is 10.1 Å². The quantitative estimate of drug-likeness (QED) is 0.746. The van der Waals surface area contributed by atoms with Gasteiger partial charge < -0.3 is 11.1 Å². The fourth-order valence-corrected chi connectivity index (χ4v) is 3.36. The summed E-state index contributed by atoms with van der Waals surface area (Å²) in [6, 6.07) is 12.5. The van der Waals surface area contributed by atoms with Crippen molar-refractivity contribution in [1.29, 1.82) is 0 Å². The molecule has 4 rings (SSSR count). The molecule has 0 bridgehead atoms. The monoisotopic (exact) mass is 364 g/mol. The SMILES string of the molecule is NC(=O)c1cccc(NC(=O)c2nn(-c3ccc(F)cc3)c3c2CCC3)c1. The first-order valence-electron chi connectivity index (χ1n) is 8.61. The van der Waals surface area contributed by atoms with Gasteiger partial charge in [0.15, 0.2) is 5.69 Å². The number of anilines is 1. The number of rotatable bonds is 4. The van der Waals surface area contributed by atoms with Crippen LogP contribution in [0.2, 0.25) is 0 Å². The molecule has 0 spiro atoms. The van der Waals surface area contributed by atoms with Crippen molar-refractivity contribution in [2.75, 3.05) is 5.32 Å². The number of carbonyl (C=O) groups is 2. The van der Waals surface area contributed by atoms with Gasteiger partial charge >= 0.3 is 0 Å². The van der Waals surface area contributed by atoms with Crippen molar-refractivity contribution in [2.24, 2.45) is 5.73 Å². The van der Waals surface area contributed by atoms with Gasteiger partial charge in [0, 0.05) is 22.5 Å². The normalized spacial score (nSPS) is 12.6. The molecule has 1 aliphatic rings. The molecule has 27 heavy (non-hydrogen) atoms. The average Bonchev–Trinajstić information content (AvgIpc) is 3.25. The molecule has 2 amide bonds. The van der Waals surface area contributed by atoms with Gasteiger partial charge in [-0.25, -0.2) is 9.07 Å². The topological polar surface area (TPSA) is 90.0 Å². The summed E-state index contributed by atoms with van der Waals surface area (Å²) in [4.78, 5) is 24.1. The Bertz CT molecular complexity index is 1040. The maximum atomic E-state index is 13.2. The van der Waals surface area contributed by atoms with Crippen molar-refractivity contribution >= 4 is 17.5 Å². The van der Waals surface area contributed by atoms with Crippen molar-refractivity contribution in [3.05, 3.63) is 76.9 Å². The Morgan fingerprint density at radius 3 is 2.63 bits per heavy atom. The summed E-state index contributed by atoms with van der Waals surface area (Å²) in [6.07, 6.45) is 2.51. The zero-order chi connectivity index (χ0) is 19.0. The Kier molecular flexibility index (Phi) is 4.19. The maximum absolute atomic E-state index is 13.2. The molecule has 0 fully saturated rings. The summed E-state index contributed by atoms with van der Waals surface area (Å²) in [7, 11) is 0. The maximum Gasteiger partial charge on any atom is 0.276 e.